The van der Waals surface area contributed by atoms with Gasteiger partial charge in [-0.05, 0) is 48.7 Å². The SMILES string of the molecule is COc1ccc(Nc2cc(N3CCc4ccccc4C3)nc(C)n2)cc1. The van der Waals surface area contributed by atoms with Gasteiger partial charge in [-0.15, -0.1) is 0 Å². The molecular weight excluding hydrogens is 324 g/mol. The fourth-order valence-corrected chi connectivity index (χ4v) is 3.29. The van der Waals surface area contributed by atoms with Crippen molar-refractivity contribution in [1.29, 1.82) is 0 Å². The van der Waals surface area contributed by atoms with Gasteiger partial charge in [0.1, 0.15) is 23.2 Å². The van der Waals surface area contributed by atoms with Gasteiger partial charge in [0.25, 0.3) is 0 Å². The van der Waals surface area contributed by atoms with Crippen LogP contribution >= 0.6 is 0 Å². The van der Waals surface area contributed by atoms with E-state index in [1.54, 1.807) is 7.11 Å². The minimum absolute atomic E-state index is 0.761. The molecule has 3 aromatic rings. The Labute approximate surface area is 153 Å². The van der Waals surface area contributed by atoms with Crippen molar-refractivity contribution in [2.45, 2.75) is 19.9 Å². The minimum atomic E-state index is 0.761. The lowest BCUT2D eigenvalue weighted by atomic mass is 10.00. The second-order valence-electron chi connectivity index (χ2n) is 6.45. The minimum Gasteiger partial charge on any atom is -0.497 e. The third kappa shape index (κ3) is 3.47. The zero-order chi connectivity index (χ0) is 17.9. The smallest absolute Gasteiger partial charge is 0.136 e. The van der Waals surface area contributed by atoms with Crippen molar-refractivity contribution in [2.24, 2.45) is 0 Å². The van der Waals surface area contributed by atoms with E-state index >= 15 is 0 Å². The van der Waals surface area contributed by atoms with E-state index in [4.69, 9.17) is 4.74 Å². The molecule has 1 N–H and O–H groups in total. The van der Waals surface area contributed by atoms with E-state index in [0.29, 0.717) is 0 Å². The van der Waals surface area contributed by atoms with E-state index in [9.17, 15) is 0 Å². The van der Waals surface area contributed by atoms with Crippen LogP contribution in [-0.2, 0) is 13.0 Å². The first-order valence-electron chi connectivity index (χ1n) is 8.80. The molecule has 2 aromatic carbocycles. The molecule has 2 heterocycles. The third-order valence-electron chi connectivity index (χ3n) is 4.64. The molecule has 26 heavy (non-hydrogen) atoms. The van der Waals surface area contributed by atoms with Gasteiger partial charge in [-0.25, -0.2) is 9.97 Å². The first-order chi connectivity index (χ1) is 12.7. The highest BCUT2D eigenvalue weighted by molar-refractivity contribution is 5.60. The molecule has 0 aliphatic carbocycles. The number of methoxy groups -OCH3 is 1. The Kier molecular flexibility index (Phi) is 4.44. The molecule has 5 heteroatoms. The summed E-state index contributed by atoms with van der Waals surface area (Å²) in [5, 5.41) is 3.36. The zero-order valence-corrected chi connectivity index (χ0v) is 15.1. The van der Waals surface area contributed by atoms with Gasteiger partial charge in [-0.2, -0.15) is 0 Å². The van der Waals surface area contributed by atoms with Crippen LogP contribution in [0.2, 0.25) is 0 Å². The number of nitrogens with one attached hydrogen (secondary N) is 1. The van der Waals surface area contributed by atoms with Crippen LogP contribution < -0.4 is 15.0 Å². The number of aromatic nitrogens is 2. The monoisotopic (exact) mass is 346 g/mol. The van der Waals surface area contributed by atoms with E-state index in [-0.39, 0.29) is 0 Å². The fraction of sp³-hybridized carbons (Fsp3) is 0.238. The number of fused-ring (bicyclic) bond motifs is 1. The maximum absolute atomic E-state index is 5.21. The first-order valence-corrected chi connectivity index (χ1v) is 8.80. The number of nitrogens with zero attached hydrogens (tertiary/aromatic N) is 3. The molecule has 0 bridgehead atoms. The highest BCUT2D eigenvalue weighted by atomic mass is 16.5. The van der Waals surface area contributed by atoms with Crippen LogP contribution in [0.1, 0.15) is 17.0 Å². The van der Waals surface area contributed by atoms with Crippen LogP contribution in [0.3, 0.4) is 0 Å². The second-order valence-corrected chi connectivity index (χ2v) is 6.45. The summed E-state index contributed by atoms with van der Waals surface area (Å²) < 4.78 is 5.21. The highest BCUT2D eigenvalue weighted by Gasteiger charge is 2.18. The summed E-state index contributed by atoms with van der Waals surface area (Å²) in [6.45, 7) is 3.78. The quantitative estimate of drug-likeness (QED) is 0.771. The molecule has 0 spiro atoms. The number of rotatable bonds is 4. The Balaban J connectivity index is 1.56. The molecule has 0 radical (unpaired) electrons. The maximum Gasteiger partial charge on any atom is 0.136 e. The molecule has 0 unspecified atom stereocenters. The van der Waals surface area contributed by atoms with Crippen LogP contribution in [0, 0.1) is 6.92 Å². The van der Waals surface area contributed by atoms with Gasteiger partial charge in [0.15, 0.2) is 0 Å². The summed E-state index contributed by atoms with van der Waals surface area (Å²) in [5.41, 5.74) is 3.78. The van der Waals surface area contributed by atoms with Crippen molar-refractivity contribution in [1.82, 2.24) is 9.97 Å². The van der Waals surface area contributed by atoms with Crippen LogP contribution in [-0.4, -0.2) is 23.6 Å². The third-order valence-corrected chi connectivity index (χ3v) is 4.64. The van der Waals surface area contributed by atoms with E-state index in [0.717, 1.165) is 48.4 Å². The Hall–Kier alpha value is -3.08. The molecule has 0 amide bonds. The Morgan fingerprint density at radius 3 is 2.54 bits per heavy atom. The molecule has 1 aromatic heterocycles. The van der Waals surface area contributed by atoms with Crippen molar-refractivity contribution >= 4 is 17.3 Å². The predicted octanol–water partition coefficient (Wildman–Crippen LogP) is 4.10. The lowest BCUT2D eigenvalue weighted by molar-refractivity contribution is 0.415. The Morgan fingerprint density at radius 1 is 1.00 bits per heavy atom. The van der Waals surface area contributed by atoms with E-state index < -0.39 is 0 Å². The number of aryl methyl sites for hydroxylation is 1. The van der Waals surface area contributed by atoms with E-state index in [1.165, 1.54) is 11.1 Å². The van der Waals surface area contributed by atoms with Crippen molar-refractivity contribution < 1.29 is 4.74 Å². The summed E-state index contributed by atoms with van der Waals surface area (Å²) in [6, 6.07) is 18.5. The summed E-state index contributed by atoms with van der Waals surface area (Å²) in [5.74, 6) is 3.36. The van der Waals surface area contributed by atoms with Crippen molar-refractivity contribution in [2.75, 3.05) is 23.9 Å². The molecular formula is C21H22N4O. The standard InChI is InChI=1S/C21H22N4O/c1-15-22-20(24-18-7-9-19(26-2)10-8-18)13-21(23-15)25-12-11-16-5-3-4-6-17(16)14-25/h3-10,13H,11-12,14H2,1-2H3,(H,22,23,24). The second kappa shape index (κ2) is 7.04. The number of anilines is 3. The molecule has 5 nitrogen and oxygen atoms in total. The van der Waals surface area contributed by atoms with Crippen LogP contribution in [0.5, 0.6) is 5.75 Å². The van der Waals surface area contributed by atoms with Crippen LogP contribution in [0.4, 0.5) is 17.3 Å². The summed E-state index contributed by atoms with van der Waals surface area (Å²) >= 11 is 0. The molecule has 0 fully saturated rings. The lowest BCUT2D eigenvalue weighted by Gasteiger charge is -2.30. The highest BCUT2D eigenvalue weighted by Crippen LogP contribution is 2.26. The number of hydrogen-bond acceptors (Lipinski definition) is 5. The molecule has 132 valence electrons. The normalized spacial score (nSPS) is 13.2. The molecule has 0 saturated heterocycles. The van der Waals surface area contributed by atoms with Crippen LogP contribution in [0.25, 0.3) is 0 Å². The fourth-order valence-electron chi connectivity index (χ4n) is 3.29. The largest absolute Gasteiger partial charge is 0.497 e. The van der Waals surface area contributed by atoms with E-state index in [1.807, 2.05) is 37.3 Å². The molecule has 0 saturated carbocycles. The zero-order valence-electron chi connectivity index (χ0n) is 15.1. The lowest BCUT2D eigenvalue weighted by Crippen LogP contribution is -2.31. The van der Waals surface area contributed by atoms with Gasteiger partial charge in [0.05, 0.1) is 7.11 Å². The van der Waals surface area contributed by atoms with Crippen molar-refractivity contribution in [3.63, 3.8) is 0 Å². The first kappa shape index (κ1) is 16.4. The molecule has 1 aliphatic heterocycles. The Morgan fingerprint density at radius 2 is 1.77 bits per heavy atom. The topological polar surface area (TPSA) is 50.3 Å². The van der Waals surface area contributed by atoms with Gasteiger partial charge in [0, 0.05) is 24.8 Å². The van der Waals surface area contributed by atoms with Crippen LogP contribution in [0.15, 0.2) is 54.6 Å². The van der Waals surface area contributed by atoms with Gasteiger partial charge in [-0.3, -0.25) is 0 Å². The molecule has 4 rings (SSSR count). The average Bonchev–Trinajstić information content (AvgIpc) is 2.68. The van der Waals surface area contributed by atoms with Gasteiger partial charge < -0.3 is 15.0 Å². The van der Waals surface area contributed by atoms with Gasteiger partial charge >= 0.3 is 0 Å². The van der Waals surface area contributed by atoms with Gasteiger partial charge in [0.2, 0.25) is 0 Å². The number of ether oxygens (including phenoxy) is 1. The maximum atomic E-state index is 5.21. The van der Waals surface area contributed by atoms with Crippen molar-refractivity contribution in [3.8, 4) is 5.75 Å². The summed E-state index contributed by atoms with van der Waals surface area (Å²) in [6.07, 6.45) is 1.04. The average molecular weight is 346 g/mol. The number of hydrogen-bond donors (Lipinski definition) is 1. The number of benzene rings is 2. The van der Waals surface area contributed by atoms with E-state index in [2.05, 4.69) is 44.5 Å². The van der Waals surface area contributed by atoms with Gasteiger partial charge in [-0.1, -0.05) is 24.3 Å². The van der Waals surface area contributed by atoms with Crippen molar-refractivity contribution in [3.05, 3.63) is 71.5 Å². The summed E-state index contributed by atoms with van der Waals surface area (Å²) in [7, 11) is 1.67. The molecule has 1 aliphatic rings. The summed E-state index contributed by atoms with van der Waals surface area (Å²) in [4.78, 5) is 11.5. The Bertz CT molecular complexity index is 908. The molecule has 0 atom stereocenters. The predicted molar refractivity (Wildman–Crippen MR) is 104 cm³/mol.